The molecule has 1 heteroatoms. The van der Waals surface area contributed by atoms with E-state index in [1.54, 1.807) is 0 Å². The Morgan fingerprint density at radius 2 is 0.444 bits per heavy atom. The molecule has 2 aliphatic carbocycles. The fourth-order valence-electron chi connectivity index (χ4n) is 5.51. The van der Waals surface area contributed by atoms with Gasteiger partial charge in [-0.25, -0.2) is 0 Å². The van der Waals surface area contributed by atoms with Gasteiger partial charge < -0.3 is 0 Å². The molecule has 0 heterocycles. The van der Waals surface area contributed by atoms with Crippen molar-refractivity contribution in [1.82, 2.24) is 0 Å². The molecule has 0 atom stereocenters. The lowest BCUT2D eigenvalue weighted by atomic mass is 9.50. The molecule has 0 aliphatic heterocycles. The summed E-state index contributed by atoms with van der Waals surface area (Å²) in [5, 5.41) is 0. The zero-order chi connectivity index (χ0) is 18.8. The Labute approximate surface area is 173 Å². The maximum Gasteiger partial charge on any atom is 0.117 e. The van der Waals surface area contributed by atoms with Crippen molar-refractivity contribution < 1.29 is 0 Å². The molecule has 2 rings (SSSR count). The second-order valence-corrected chi connectivity index (χ2v) is 9.94. The highest BCUT2D eigenvalue weighted by molar-refractivity contribution is 6.39. The van der Waals surface area contributed by atoms with Gasteiger partial charge in [-0.05, 0) is 0 Å². The van der Waals surface area contributed by atoms with Gasteiger partial charge in [-0.15, -0.1) is 0 Å². The normalized spacial score (nSPS) is 25.6. The van der Waals surface area contributed by atoms with E-state index in [1.165, 1.54) is 154 Å². The molecule has 0 saturated heterocycles. The van der Waals surface area contributed by atoms with E-state index in [4.69, 9.17) is 0 Å². The van der Waals surface area contributed by atoms with Crippen LogP contribution in [0.2, 0.25) is 11.6 Å². The number of hydrogen-bond donors (Lipinski definition) is 0. The monoisotopic (exact) mass is 373 g/mol. The molecule has 2 saturated carbocycles. The Bertz CT molecular complexity index is 285. The van der Waals surface area contributed by atoms with E-state index in [0.29, 0.717) is 0 Å². The van der Waals surface area contributed by atoms with Crippen LogP contribution in [0.25, 0.3) is 0 Å². The van der Waals surface area contributed by atoms with E-state index >= 15 is 0 Å². The van der Waals surface area contributed by atoms with Crippen LogP contribution in [0.4, 0.5) is 0 Å². The summed E-state index contributed by atoms with van der Waals surface area (Å²) < 4.78 is 0. The van der Waals surface area contributed by atoms with Gasteiger partial charge in [-0.1, -0.05) is 166 Å². The van der Waals surface area contributed by atoms with Gasteiger partial charge in [0.1, 0.15) is 7.28 Å². The highest BCUT2D eigenvalue weighted by atomic mass is 14.1. The summed E-state index contributed by atoms with van der Waals surface area (Å²) in [6.07, 6.45) is 35.9. The molecule has 0 N–H and O–H groups in total. The van der Waals surface area contributed by atoms with Gasteiger partial charge in [-0.3, -0.25) is 0 Å². The Balaban J connectivity index is 1.76. The molecule has 0 aromatic rings. The Kier molecular flexibility index (Phi) is 14.7. The highest BCUT2D eigenvalue weighted by Gasteiger charge is 2.18. The third kappa shape index (κ3) is 13.0. The van der Waals surface area contributed by atoms with Gasteiger partial charge in [0.05, 0.1) is 0 Å². The van der Waals surface area contributed by atoms with Crippen LogP contribution in [0, 0.1) is 0 Å². The standard InChI is InChI=1S/C26H50B/c1-2-4-6-10-14-18-22-25(21-17-13-9-5-3-1)27-26-23-19-15-11-7-8-12-16-20-24-26/h25-26H,1-24H2. The van der Waals surface area contributed by atoms with Crippen molar-refractivity contribution in [3.05, 3.63) is 0 Å². The lowest BCUT2D eigenvalue weighted by Gasteiger charge is -2.23. The molecule has 157 valence electrons. The first-order valence-corrected chi connectivity index (χ1v) is 13.3. The second-order valence-electron chi connectivity index (χ2n) is 9.94. The largest absolute Gasteiger partial charge is 0.117 e. The first-order valence-electron chi connectivity index (χ1n) is 13.3. The minimum atomic E-state index is 0.935. The predicted molar refractivity (Wildman–Crippen MR) is 124 cm³/mol. The van der Waals surface area contributed by atoms with Gasteiger partial charge in [0, 0.05) is 0 Å². The van der Waals surface area contributed by atoms with E-state index in [9.17, 15) is 0 Å². The summed E-state index contributed by atoms with van der Waals surface area (Å²) in [7, 11) is 2.88. The molecule has 0 nitrogen and oxygen atoms in total. The first-order chi connectivity index (χ1) is 13.4. The van der Waals surface area contributed by atoms with Crippen molar-refractivity contribution in [3.63, 3.8) is 0 Å². The molecular weight excluding hydrogens is 323 g/mol. The van der Waals surface area contributed by atoms with E-state index in [-0.39, 0.29) is 0 Å². The van der Waals surface area contributed by atoms with Crippen molar-refractivity contribution in [1.29, 1.82) is 0 Å². The minimum absolute atomic E-state index is 0.935. The smallest absolute Gasteiger partial charge is 0.0686 e. The van der Waals surface area contributed by atoms with Crippen LogP contribution in [-0.4, -0.2) is 7.28 Å². The quantitative estimate of drug-likeness (QED) is 0.423. The van der Waals surface area contributed by atoms with Crippen molar-refractivity contribution in [3.8, 4) is 0 Å². The van der Waals surface area contributed by atoms with Crippen molar-refractivity contribution in [2.24, 2.45) is 0 Å². The molecule has 0 bridgehead atoms. The third-order valence-corrected chi connectivity index (χ3v) is 7.34. The zero-order valence-electron chi connectivity index (χ0n) is 18.7. The van der Waals surface area contributed by atoms with Crippen LogP contribution in [0.15, 0.2) is 0 Å². The summed E-state index contributed by atoms with van der Waals surface area (Å²) in [6.45, 7) is 0. The maximum absolute atomic E-state index is 2.88. The molecule has 0 spiro atoms. The molecule has 1 radical (unpaired) electrons. The molecule has 27 heavy (non-hydrogen) atoms. The van der Waals surface area contributed by atoms with Gasteiger partial charge in [0.25, 0.3) is 0 Å². The average molecular weight is 373 g/mol. The fraction of sp³-hybridized carbons (Fsp3) is 1.00. The SMILES string of the molecule is [B](C1CCCCCCCCCCCCCC1)C1CCCCCCCCCC1. The summed E-state index contributed by atoms with van der Waals surface area (Å²) in [6, 6.07) is 0. The molecule has 0 aromatic carbocycles. The molecule has 2 fully saturated rings. The van der Waals surface area contributed by atoms with E-state index in [1.807, 2.05) is 0 Å². The second kappa shape index (κ2) is 17.0. The molecular formula is C26H50B. The Hall–Kier alpha value is 0.0649. The van der Waals surface area contributed by atoms with E-state index in [2.05, 4.69) is 7.28 Å². The van der Waals surface area contributed by atoms with Gasteiger partial charge in [-0.2, -0.15) is 0 Å². The van der Waals surface area contributed by atoms with Crippen LogP contribution in [0.5, 0.6) is 0 Å². The topological polar surface area (TPSA) is 0 Å². The molecule has 0 unspecified atom stereocenters. The van der Waals surface area contributed by atoms with Gasteiger partial charge in [0.2, 0.25) is 0 Å². The van der Waals surface area contributed by atoms with Crippen LogP contribution in [0.1, 0.15) is 154 Å². The van der Waals surface area contributed by atoms with Gasteiger partial charge >= 0.3 is 0 Å². The highest BCUT2D eigenvalue weighted by Crippen LogP contribution is 2.32. The lowest BCUT2D eigenvalue weighted by Crippen LogP contribution is -2.12. The van der Waals surface area contributed by atoms with Gasteiger partial charge in [0.15, 0.2) is 0 Å². The molecule has 2 aliphatic rings. The zero-order valence-corrected chi connectivity index (χ0v) is 18.7. The molecule has 0 aromatic heterocycles. The lowest BCUT2D eigenvalue weighted by molar-refractivity contribution is 0.528. The third-order valence-electron chi connectivity index (χ3n) is 7.34. The Morgan fingerprint density at radius 1 is 0.259 bits per heavy atom. The summed E-state index contributed by atoms with van der Waals surface area (Å²) in [5.74, 6) is 1.88. The van der Waals surface area contributed by atoms with Crippen LogP contribution < -0.4 is 0 Å². The number of rotatable bonds is 2. The van der Waals surface area contributed by atoms with E-state index in [0.717, 1.165) is 11.6 Å². The summed E-state index contributed by atoms with van der Waals surface area (Å²) in [4.78, 5) is 0. The van der Waals surface area contributed by atoms with Crippen LogP contribution >= 0.6 is 0 Å². The molecule has 0 amide bonds. The van der Waals surface area contributed by atoms with Crippen LogP contribution in [-0.2, 0) is 0 Å². The van der Waals surface area contributed by atoms with Crippen molar-refractivity contribution in [2.75, 3.05) is 0 Å². The summed E-state index contributed by atoms with van der Waals surface area (Å²) in [5.41, 5.74) is 0. The minimum Gasteiger partial charge on any atom is -0.0686 e. The first kappa shape index (κ1) is 23.3. The predicted octanol–water partition coefficient (Wildman–Crippen LogP) is 9.66. The van der Waals surface area contributed by atoms with Crippen molar-refractivity contribution >= 4 is 7.28 Å². The van der Waals surface area contributed by atoms with Crippen LogP contribution in [0.3, 0.4) is 0 Å². The number of hydrogen-bond acceptors (Lipinski definition) is 0. The van der Waals surface area contributed by atoms with E-state index < -0.39 is 0 Å². The maximum atomic E-state index is 2.88. The van der Waals surface area contributed by atoms with Crippen molar-refractivity contribution in [2.45, 2.75) is 166 Å². The average Bonchev–Trinajstić information content (AvgIpc) is 2.74. The fourth-order valence-corrected chi connectivity index (χ4v) is 5.51. The Morgan fingerprint density at radius 3 is 0.667 bits per heavy atom. The summed E-state index contributed by atoms with van der Waals surface area (Å²) >= 11 is 0.